The monoisotopic (exact) mass is 364 g/mol. The molecule has 0 atom stereocenters. The molecule has 0 aliphatic carbocycles. The molecule has 1 heterocycles. The Labute approximate surface area is 155 Å². The van der Waals surface area contributed by atoms with E-state index in [9.17, 15) is 9.65 Å². The van der Waals surface area contributed by atoms with Crippen molar-refractivity contribution in [3.8, 4) is 6.07 Å². The van der Waals surface area contributed by atoms with Crippen LogP contribution in [-0.4, -0.2) is 9.97 Å². The molecule has 2 N–H and O–H groups in total. The molecule has 0 radical (unpaired) electrons. The second-order valence-electron chi connectivity index (χ2n) is 5.87. The first kappa shape index (κ1) is 17.9. The first-order valence-electron chi connectivity index (χ1n) is 8.05. The lowest BCUT2D eigenvalue weighted by Gasteiger charge is -2.09. The summed E-state index contributed by atoms with van der Waals surface area (Å²) in [5.41, 5.74) is 9.38. The second-order valence-corrected chi connectivity index (χ2v) is 6.81. The lowest BCUT2D eigenvalue weighted by atomic mass is 10.1. The van der Waals surface area contributed by atoms with Crippen LogP contribution in [0.25, 0.3) is 0 Å². The van der Waals surface area contributed by atoms with E-state index < -0.39 is 0 Å². The van der Waals surface area contributed by atoms with Gasteiger partial charge in [-0.3, -0.25) is 0 Å². The summed E-state index contributed by atoms with van der Waals surface area (Å²) in [6.45, 7) is 2.04. The molecule has 0 unspecified atom stereocenters. The summed E-state index contributed by atoms with van der Waals surface area (Å²) < 4.78 is 14.0. The van der Waals surface area contributed by atoms with Gasteiger partial charge >= 0.3 is 0 Å². The van der Waals surface area contributed by atoms with Crippen LogP contribution in [-0.2, 0) is 12.2 Å². The molecule has 0 amide bonds. The number of hydrogen-bond acceptors (Lipinski definition) is 5. The van der Waals surface area contributed by atoms with Crippen LogP contribution in [0.3, 0.4) is 0 Å². The van der Waals surface area contributed by atoms with Gasteiger partial charge in [-0.2, -0.15) is 5.26 Å². The van der Waals surface area contributed by atoms with E-state index in [0.717, 1.165) is 5.56 Å². The van der Waals surface area contributed by atoms with Crippen molar-refractivity contribution in [3.05, 3.63) is 82.3 Å². The zero-order valence-electron chi connectivity index (χ0n) is 14.2. The normalized spacial score (nSPS) is 10.5. The first-order chi connectivity index (χ1) is 12.6. The first-order valence-corrected chi connectivity index (χ1v) is 9.03. The zero-order chi connectivity index (χ0) is 18.5. The maximum Gasteiger partial charge on any atom is 0.190 e. The summed E-state index contributed by atoms with van der Waals surface area (Å²) in [4.78, 5) is 8.67. The summed E-state index contributed by atoms with van der Waals surface area (Å²) in [6.07, 6.45) is 0.195. The quantitative estimate of drug-likeness (QED) is 0.541. The highest BCUT2D eigenvalue weighted by Crippen LogP contribution is 2.25. The van der Waals surface area contributed by atoms with Crippen LogP contribution in [0.2, 0.25) is 0 Å². The van der Waals surface area contributed by atoms with Crippen molar-refractivity contribution in [3.63, 3.8) is 0 Å². The fraction of sp³-hybridized carbons (Fsp3) is 0.150. The minimum atomic E-state index is -0.331. The molecular weight excluding hydrogens is 347 g/mol. The average Bonchev–Trinajstić information content (AvgIpc) is 2.63. The number of anilines is 1. The molecule has 0 saturated heterocycles. The number of hydrogen-bond donors (Lipinski definition) is 1. The van der Waals surface area contributed by atoms with Crippen molar-refractivity contribution < 1.29 is 4.39 Å². The Morgan fingerprint density at radius 2 is 1.85 bits per heavy atom. The second kappa shape index (κ2) is 7.98. The number of benzene rings is 2. The molecule has 0 bridgehead atoms. The van der Waals surface area contributed by atoms with Crippen molar-refractivity contribution in [1.29, 1.82) is 5.26 Å². The van der Waals surface area contributed by atoms with Gasteiger partial charge in [0.1, 0.15) is 23.3 Å². The molecule has 3 aromatic rings. The topological polar surface area (TPSA) is 75.6 Å². The van der Waals surface area contributed by atoms with Crippen molar-refractivity contribution in [2.24, 2.45) is 0 Å². The van der Waals surface area contributed by atoms with E-state index in [1.807, 2.05) is 25.1 Å². The molecule has 2 aromatic carbocycles. The van der Waals surface area contributed by atoms with Crippen LogP contribution < -0.4 is 5.73 Å². The molecule has 1 aromatic heterocycles. The summed E-state index contributed by atoms with van der Waals surface area (Å²) >= 11 is 1.44. The van der Waals surface area contributed by atoms with E-state index in [1.54, 1.807) is 18.2 Å². The highest BCUT2D eigenvalue weighted by molar-refractivity contribution is 7.98. The molecular formula is C20H17FN4S. The van der Waals surface area contributed by atoms with Crippen LogP contribution >= 0.6 is 11.8 Å². The maximum atomic E-state index is 14.0. The number of thioether (sulfide) groups is 1. The van der Waals surface area contributed by atoms with Gasteiger partial charge in [0, 0.05) is 12.2 Å². The fourth-order valence-corrected chi connectivity index (χ4v) is 3.30. The van der Waals surface area contributed by atoms with Gasteiger partial charge in [-0.15, -0.1) is 0 Å². The number of aromatic nitrogens is 2. The predicted octanol–water partition coefficient (Wildman–Crippen LogP) is 4.26. The third-order valence-corrected chi connectivity index (χ3v) is 4.83. The minimum absolute atomic E-state index is 0.125. The molecule has 6 heteroatoms. The highest BCUT2D eigenvalue weighted by Gasteiger charge is 2.15. The van der Waals surface area contributed by atoms with Crippen molar-refractivity contribution in [2.45, 2.75) is 24.3 Å². The zero-order valence-corrected chi connectivity index (χ0v) is 15.1. The van der Waals surface area contributed by atoms with E-state index in [2.05, 4.69) is 22.1 Å². The Bertz CT molecular complexity index is 965. The molecule has 130 valence electrons. The van der Waals surface area contributed by atoms with E-state index in [0.29, 0.717) is 22.2 Å². The van der Waals surface area contributed by atoms with E-state index in [-0.39, 0.29) is 23.6 Å². The van der Waals surface area contributed by atoms with E-state index in [1.165, 1.54) is 23.4 Å². The van der Waals surface area contributed by atoms with Gasteiger partial charge in [-0.05, 0) is 24.1 Å². The highest BCUT2D eigenvalue weighted by atomic mass is 32.2. The Balaban J connectivity index is 1.85. The summed E-state index contributed by atoms with van der Waals surface area (Å²) in [7, 11) is 0. The van der Waals surface area contributed by atoms with E-state index >= 15 is 0 Å². The largest absolute Gasteiger partial charge is 0.382 e. The minimum Gasteiger partial charge on any atom is -0.382 e. The molecule has 0 saturated carbocycles. The van der Waals surface area contributed by atoms with Crippen LogP contribution in [0.4, 0.5) is 10.2 Å². The Morgan fingerprint density at radius 3 is 2.54 bits per heavy atom. The molecule has 0 fully saturated rings. The van der Waals surface area contributed by atoms with Crippen molar-refractivity contribution in [2.75, 3.05) is 5.73 Å². The van der Waals surface area contributed by atoms with Gasteiger partial charge in [0.15, 0.2) is 5.16 Å². The molecule has 0 aliphatic rings. The van der Waals surface area contributed by atoms with Gasteiger partial charge < -0.3 is 5.73 Å². The van der Waals surface area contributed by atoms with E-state index in [4.69, 9.17) is 5.73 Å². The number of nitrogens with zero attached hydrogens (tertiary/aromatic N) is 3. The van der Waals surface area contributed by atoms with Gasteiger partial charge in [-0.25, -0.2) is 14.4 Å². The molecule has 0 aliphatic heterocycles. The number of nitrogen functional groups attached to an aromatic ring is 1. The van der Waals surface area contributed by atoms with Crippen molar-refractivity contribution in [1.82, 2.24) is 9.97 Å². The third-order valence-electron chi connectivity index (χ3n) is 3.91. The number of nitriles is 1. The Morgan fingerprint density at radius 1 is 1.12 bits per heavy atom. The van der Waals surface area contributed by atoms with Gasteiger partial charge in [0.25, 0.3) is 0 Å². The maximum absolute atomic E-state index is 14.0. The predicted molar refractivity (Wildman–Crippen MR) is 101 cm³/mol. The molecule has 4 nitrogen and oxygen atoms in total. The molecule has 3 rings (SSSR count). The van der Waals surface area contributed by atoms with Gasteiger partial charge in [-0.1, -0.05) is 59.8 Å². The lowest BCUT2D eigenvalue weighted by molar-refractivity contribution is 0.612. The number of halogens is 1. The fourth-order valence-electron chi connectivity index (χ4n) is 2.47. The smallest absolute Gasteiger partial charge is 0.190 e. The standard InChI is InChI=1S/C20H17FN4S/c1-13-6-8-14(9-7-13)12-26-20-24-18(16(11-22)19(23)25-20)10-15-4-2-3-5-17(15)21/h2-9H,10,12H2,1H3,(H2,23,24,25). The number of rotatable bonds is 5. The van der Waals surface area contributed by atoms with Crippen molar-refractivity contribution >= 4 is 17.6 Å². The Hall–Kier alpha value is -2.91. The summed E-state index contributed by atoms with van der Waals surface area (Å²) in [6, 6.07) is 16.7. The Kier molecular flexibility index (Phi) is 5.49. The summed E-state index contributed by atoms with van der Waals surface area (Å²) in [5.74, 6) is 0.479. The third kappa shape index (κ3) is 4.19. The van der Waals surface area contributed by atoms with Gasteiger partial charge in [0.2, 0.25) is 0 Å². The SMILES string of the molecule is Cc1ccc(CSc2nc(N)c(C#N)c(Cc3ccccc3F)n2)cc1. The van der Waals surface area contributed by atoms with Crippen LogP contribution in [0.15, 0.2) is 53.7 Å². The van der Waals surface area contributed by atoms with Crippen LogP contribution in [0.5, 0.6) is 0 Å². The number of nitrogens with two attached hydrogens (primary N) is 1. The molecule has 0 spiro atoms. The summed E-state index contributed by atoms with van der Waals surface area (Å²) in [5, 5.41) is 9.84. The van der Waals surface area contributed by atoms with Crippen LogP contribution in [0.1, 0.15) is 27.9 Å². The lowest BCUT2D eigenvalue weighted by Crippen LogP contribution is -2.06. The van der Waals surface area contributed by atoms with Crippen LogP contribution in [0, 0.1) is 24.1 Å². The van der Waals surface area contributed by atoms with Gasteiger partial charge in [0.05, 0.1) is 5.69 Å². The average molecular weight is 364 g/mol. The molecule has 26 heavy (non-hydrogen) atoms. The number of aryl methyl sites for hydroxylation is 1.